The maximum absolute atomic E-state index is 9.48. The quantitative estimate of drug-likeness (QED) is 0.748. The Kier molecular flexibility index (Phi) is 2.94. The van der Waals surface area contributed by atoms with Crippen LogP contribution in [0.3, 0.4) is 0 Å². The summed E-state index contributed by atoms with van der Waals surface area (Å²) < 4.78 is 0. The van der Waals surface area contributed by atoms with Crippen molar-refractivity contribution in [1.29, 1.82) is 0 Å². The van der Waals surface area contributed by atoms with Gasteiger partial charge < -0.3 is 10.4 Å². The Hall–Kier alpha value is -0.730. The van der Waals surface area contributed by atoms with E-state index in [1.54, 1.807) is 12.1 Å². The Labute approximate surface area is 88.9 Å². The number of aromatic hydroxyl groups is 1. The molecule has 1 saturated heterocycles. The standard InChI is InChI=1S/C11H14ClNO/c12-10-4-3-8(6-11(10)14)9-2-1-5-13-7-9/h3-4,6,9,13-14H,1-2,5,7H2. The first kappa shape index (κ1) is 9.81. The van der Waals surface area contributed by atoms with Crippen molar-refractivity contribution in [2.45, 2.75) is 18.8 Å². The third-order valence-corrected chi connectivity index (χ3v) is 3.06. The van der Waals surface area contributed by atoms with Crippen molar-refractivity contribution in [2.24, 2.45) is 0 Å². The molecule has 1 aromatic carbocycles. The second-order valence-electron chi connectivity index (χ2n) is 3.75. The van der Waals surface area contributed by atoms with Gasteiger partial charge in [-0.15, -0.1) is 0 Å². The zero-order valence-corrected chi connectivity index (χ0v) is 8.72. The fourth-order valence-corrected chi connectivity index (χ4v) is 2.04. The van der Waals surface area contributed by atoms with Crippen LogP contribution in [0.15, 0.2) is 18.2 Å². The van der Waals surface area contributed by atoms with Crippen molar-refractivity contribution >= 4 is 11.6 Å². The molecule has 1 atom stereocenters. The van der Waals surface area contributed by atoms with Crippen molar-refractivity contribution in [2.75, 3.05) is 13.1 Å². The van der Waals surface area contributed by atoms with Crippen LogP contribution in [0.5, 0.6) is 5.75 Å². The molecule has 1 fully saturated rings. The number of hydrogen-bond acceptors (Lipinski definition) is 2. The monoisotopic (exact) mass is 211 g/mol. The lowest BCUT2D eigenvalue weighted by Crippen LogP contribution is -2.28. The first-order valence-corrected chi connectivity index (χ1v) is 5.34. The van der Waals surface area contributed by atoms with E-state index in [4.69, 9.17) is 11.6 Å². The highest BCUT2D eigenvalue weighted by molar-refractivity contribution is 6.32. The van der Waals surface area contributed by atoms with Crippen LogP contribution < -0.4 is 5.32 Å². The summed E-state index contributed by atoms with van der Waals surface area (Å²) in [7, 11) is 0. The van der Waals surface area contributed by atoms with E-state index in [1.807, 2.05) is 6.07 Å². The molecule has 2 N–H and O–H groups in total. The lowest BCUT2D eigenvalue weighted by molar-refractivity contribution is 0.453. The van der Waals surface area contributed by atoms with Gasteiger partial charge in [0.25, 0.3) is 0 Å². The highest BCUT2D eigenvalue weighted by Gasteiger charge is 2.15. The van der Waals surface area contributed by atoms with Crippen LogP contribution in [0, 0.1) is 0 Å². The molecule has 0 aromatic heterocycles. The predicted octanol–water partition coefficient (Wildman–Crippen LogP) is 2.51. The van der Waals surface area contributed by atoms with Crippen molar-refractivity contribution in [3.05, 3.63) is 28.8 Å². The number of phenolic OH excluding ortho intramolecular Hbond substituents is 1. The Bertz CT molecular complexity index is 321. The number of nitrogens with one attached hydrogen (secondary N) is 1. The van der Waals surface area contributed by atoms with Gasteiger partial charge in [0, 0.05) is 6.54 Å². The molecule has 0 aliphatic carbocycles. The largest absolute Gasteiger partial charge is 0.506 e. The minimum absolute atomic E-state index is 0.190. The molecule has 1 aliphatic rings. The van der Waals surface area contributed by atoms with E-state index >= 15 is 0 Å². The van der Waals surface area contributed by atoms with Crippen molar-refractivity contribution < 1.29 is 5.11 Å². The van der Waals surface area contributed by atoms with Crippen LogP contribution in [-0.2, 0) is 0 Å². The highest BCUT2D eigenvalue weighted by Crippen LogP contribution is 2.30. The van der Waals surface area contributed by atoms with Crippen LogP contribution in [0.25, 0.3) is 0 Å². The van der Waals surface area contributed by atoms with Crippen LogP contribution >= 0.6 is 11.6 Å². The highest BCUT2D eigenvalue weighted by atomic mass is 35.5. The smallest absolute Gasteiger partial charge is 0.134 e. The molecule has 0 bridgehead atoms. The van der Waals surface area contributed by atoms with Gasteiger partial charge in [0.1, 0.15) is 5.75 Å². The molecule has 1 heterocycles. The summed E-state index contributed by atoms with van der Waals surface area (Å²) in [6, 6.07) is 5.54. The molecule has 1 aromatic rings. The van der Waals surface area contributed by atoms with Crippen molar-refractivity contribution in [3.8, 4) is 5.75 Å². The van der Waals surface area contributed by atoms with E-state index in [1.165, 1.54) is 18.4 Å². The van der Waals surface area contributed by atoms with Gasteiger partial charge in [0.05, 0.1) is 5.02 Å². The van der Waals surface area contributed by atoms with Crippen LogP contribution in [0.1, 0.15) is 24.3 Å². The Morgan fingerprint density at radius 2 is 2.29 bits per heavy atom. The molecule has 2 rings (SSSR count). The zero-order chi connectivity index (χ0) is 9.97. The normalized spacial score (nSPS) is 22.2. The summed E-state index contributed by atoms with van der Waals surface area (Å²) in [6.07, 6.45) is 2.39. The molecule has 14 heavy (non-hydrogen) atoms. The van der Waals surface area contributed by atoms with E-state index in [0.717, 1.165) is 13.1 Å². The number of piperidine rings is 1. The molecule has 76 valence electrons. The van der Waals surface area contributed by atoms with Gasteiger partial charge in [0.15, 0.2) is 0 Å². The van der Waals surface area contributed by atoms with Crippen molar-refractivity contribution in [3.63, 3.8) is 0 Å². The SMILES string of the molecule is Oc1cc(C2CCCNC2)ccc1Cl. The molecule has 0 saturated carbocycles. The Morgan fingerprint density at radius 3 is 2.93 bits per heavy atom. The maximum atomic E-state index is 9.48. The Balaban J connectivity index is 2.18. The number of halogens is 1. The molecule has 2 nitrogen and oxygen atoms in total. The molecule has 0 amide bonds. The van der Waals surface area contributed by atoms with Gasteiger partial charge in [-0.25, -0.2) is 0 Å². The Morgan fingerprint density at radius 1 is 1.43 bits per heavy atom. The van der Waals surface area contributed by atoms with Crippen LogP contribution in [0.4, 0.5) is 0 Å². The fourth-order valence-electron chi connectivity index (χ4n) is 1.92. The first-order chi connectivity index (χ1) is 6.77. The molecule has 1 aliphatic heterocycles. The van der Waals surface area contributed by atoms with Gasteiger partial charge in [-0.05, 0) is 43.0 Å². The second-order valence-corrected chi connectivity index (χ2v) is 4.16. The number of hydrogen-bond donors (Lipinski definition) is 2. The third-order valence-electron chi connectivity index (χ3n) is 2.74. The van der Waals surface area contributed by atoms with Gasteiger partial charge >= 0.3 is 0 Å². The van der Waals surface area contributed by atoms with Crippen LogP contribution in [0.2, 0.25) is 5.02 Å². The third kappa shape index (κ3) is 2.02. The minimum Gasteiger partial charge on any atom is -0.506 e. The van der Waals surface area contributed by atoms with Gasteiger partial charge in [-0.2, -0.15) is 0 Å². The summed E-state index contributed by atoms with van der Waals surface area (Å²) in [6.45, 7) is 2.11. The summed E-state index contributed by atoms with van der Waals surface area (Å²) in [5, 5.41) is 13.3. The van der Waals surface area contributed by atoms with E-state index in [9.17, 15) is 5.11 Å². The second kappa shape index (κ2) is 4.20. The fraction of sp³-hybridized carbons (Fsp3) is 0.455. The summed E-state index contributed by atoms with van der Waals surface area (Å²) in [5.74, 6) is 0.710. The lowest BCUT2D eigenvalue weighted by atomic mass is 9.92. The molecular formula is C11H14ClNO. The predicted molar refractivity (Wildman–Crippen MR) is 58.0 cm³/mol. The first-order valence-electron chi connectivity index (χ1n) is 4.96. The van der Waals surface area contributed by atoms with Crippen LogP contribution in [-0.4, -0.2) is 18.2 Å². The average molecular weight is 212 g/mol. The number of phenols is 1. The topological polar surface area (TPSA) is 32.3 Å². The van der Waals surface area contributed by atoms with E-state index in [0.29, 0.717) is 10.9 Å². The molecule has 0 spiro atoms. The zero-order valence-electron chi connectivity index (χ0n) is 7.96. The molecular weight excluding hydrogens is 198 g/mol. The van der Waals surface area contributed by atoms with E-state index < -0.39 is 0 Å². The molecule has 3 heteroatoms. The van der Waals surface area contributed by atoms with Gasteiger partial charge in [-0.3, -0.25) is 0 Å². The maximum Gasteiger partial charge on any atom is 0.134 e. The lowest BCUT2D eigenvalue weighted by Gasteiger charge is -2.23. The number of rotatable bonds is 1. The minimum atomic E-state index is 0.190. The van der Waals surface area contributed by atoms with Gasteiger partial charge in [0.2, 0.25) is 0 Å². The van der Waals surface area contributed by atoms with E-state index in [-0.39, 0.29) is 5.75 Å². The van der Waals surface area contributed by atoms with E-state index in [2.05, 4.69) is 5.32 Å². The number of benzene rings is 1. The summed E-state index contributed by atoms with van der Waals surface area (Å²) in [5.41, 5.74) is 1.18. The van der Waals surface area contributed by atoms with Crippen molar-refractivity contribution in [1.82, 2.24) is 5.32 Å². The molecule has 0 radical (unpaired) electrons. The van der Waals surface area contributed by atoms with Gasteiger partial charge in [-0.1, -0.05) is 17.7 Å². The average Bonchev–Trinajstić information content (AvgIpc) is 2.23. The summed E-state index contributed by atoms with van der Waals surface area (Å²) >= 11 is 5.75. The molecule has 1 unspecified atom stereocenters. The summed E-state index contributed by atoms with van der Waals surface area (Å²) in [4.78, 5) is 0.